The average molecular weight is 847 g/mol. The molecule has 62 heavy (non-hydrogen) atoms. The van der Waals surface area contributed by atoms with Crippen LogP contribution in [0.4, 0.5) is 0 Å². The quantitative estimate of drug-likeness (QED) is 0.0609. The summed E-state index contributed by atoms with van der Waals surface area (Å²) < 4.78 is 10.1. The molecule has 12 heteroatoms. The summed E-state index contributed by atoms with van der Waals surface area (Å²) in [5.74, 6) is -1.02. The number of carbonyl (C=O) groups is 2. The highest BCUT2D eigenvalue weighted by Crippen LogP contribution is 2.37. The van der Waals surface area contributed by atoms with E-state index >= 15 is 0 Å². The minimum atomic E-state index is -1.74. The summed E-state index contributed by atoms with van der Waals surface area (Å²) in [6.07, 6.45) is -3.48. The zero-order valence-electron chi connectivity index (χ0n) is 35.4. The number of aliphatic hydroxyl groups excluding tert-OH is 4. The van der Waals surface area contributed by atoms with Crippen molar-refractivity contribution in [1.29, 1.82) is 0 Å². The van der Waals surface area contributed by atoms with E-state index in [2.05, 4.69) is 0 Å². The fraction of sp³-hybridized carbons (Fsp3) is 0.240. The molecule has 1 unspecified atom stereocenters. The highest BCUT2D eigenvalue weighted by Gasteiger charge is 2.46. The summed E-state index contributed by atoms with van der Waals surface area (Å²) in [6.45, 7) is 2.90. The number of aliphatic hydroxyl groups is 4. The van der Waals surface area contributed by atoms with E-state index in [0.29, 0.717) is 22.3 Å². The van der Waals surface area contributed by atoms with E-state index in [1.54, 1.807) is 136 Å². The van der Waals surface area contributed by atoms with Crippen molar-refractivity contribution in [3.8, 4) is 11.5 Å². The van der Waals surface area contributed by atoms with Crippen molar-refractivity contribution in [1.82, 2.24) is 0 Å². The summed E-state index contributed by atoms with van der Waals surface area (Å²) >= 11 is 0. The molecule has 0 aromatic heterocycles. The zero-order valence-corrected chi connectivity index (χ0v) is 35.4. The maximum atomic E-state index is 11.3. The third-order valence-corrected chi connectivity index (χ3v) is 10.3. The number of carboxylic acid groups (broad SMARTS) is 2. The lowest BCUT2D eigenvalue weighted by Gasteiger charge is -2.35. The Bertz CT molecular complexity index is 1970. The SMILES string of the molecule is COc1cccc([C@H](C)N)c1.COc1cccc([C@H](C)N)c1.O=C(O)C(O)C(CO)(c1ccccc1)c1ccccc1.O=C(O)[C@@H](O)C(CO)(c1ccccc1)c1ccccc1. The van der Waals surface area contributed by atoms with Crippen molar-refractivity contribution < 1.29 is 49.7 Å². The van der Waals surface area contributed by atoms with Crippen LogP contribution in [-0.4, -0.2) is 82.2 Å². The van der Waals surface area contributed by atoms with E-state index in [-0.39, 0.29) is 12.1 Å². The molecular formula is C50H58N2O10. The third kappa shape index (κ3) is 12.8. The van der Waals surface area contributed by atoms with Crippen LogP contribution in [0.15, 0.2) is 170 Å². The number of methoxy groups -OCH3 is 2. The molecule has 4 atom stereocenters. The largest absolute Gasteiger partial charge is 0.497 e. The van der Waals surface area contributed by atoms with Crippen LogP contribution in [0, 0.1) is 0 Å². The normalized spacial score (nSPS) is 12.8. The van der Waals surface area contributed by atoms with Crippen LogP contribution >= 0.6 is 0 Å². The number of nitrogens with two attached hydrogens (primary N) is 2. The van der Waals surface area contributed by atoms with Gasteiger partial charge in [0.2, 0.25) is 0 Å². The monoisotopic (exact) mass is 846 g/mol. The third-order valence-electron chi connectivity index (χ3n) is 10.3. The number of hydrogen-bond acceptors (Lipinski definition) is 10. The standard InChI is InChI=1S/2C16H16O4.2C9H13NO/c2*17-11-16(14(18)15(19)20,12-7-3-1-4-8-12)13-9-5-2-6-10-13;2*1-7(10)8-4-3-5-9(6-8)11-2/h2*1-10,14,17-18H,11H2,(H,19,20);2*3-7H,10H2,1-2H3/t14-;;2*7-/m1.00/s1. The van der Waals surface area contributed by atoms with E-state index in [0.717, 1.165) is 22.6 Å². The lowest BCUT2D eigenvalue weighted by Crippen LogP contribution is -2.48. The summed E-state index contributed by atoms with van der Waals surface area (Å²) in [6, 6.07) is 50.5. The molecule has 0 saturated heterocycles. The molecule has 6 aromatic rings. The van der Waals surface area contributed by atoms with Crippen LogP contribution in [0.3, 0.4) is 0 Å². The summed E-state index contributed by atoms with van der Waals surface area (Å²) in [5.41, 5.74) is 13.0. The Morgan fingerprint density at radius 3 is 0.935 bits per heavy atom. The number of aliphatic carboxylic acids is 2. The van der Waals surface area contributed by atoms with Gasteiger partial charge in [0.05, 0.1) is 38.3 Å². The number of hydrogen-bond donors (Lipinski definition) is 8. The molecule has 328 valence electrons. The highest BCUT2D eigenvalue weighted by molar-refractivity contribution is 5.77. The van der Waals surface area contributed by atoms with Crippen LogP contribution in [-0.2, 0) is 20.4 Å². The van der Waals surface area contributed by atoms with Gasteiger partial charge in [-0.05, 0) is 71.5 Å². The second-order valence-corrected chi connectivity index (χ2v) is 14.3. The molecule has 0 bridgehead atoms. The van der Waals surface area contributed by atoms with Crippen LogP contribution in [0.25, 0.3) is 0 Å². The lowest BCUT2D eigenvalue weighted by molar-refractivity contribution is -0.151. The first-order chi connectivity index (χ1) is 29.7. The molecule has 0 heterocycles. The molecule has 0 spiro atoms. The molecule has 6 rings (SSSR count). The molecule has 0 aliphatic heterocycles. The first-order valence-corrected chi connectivity index (χ1v) is 19.8. The number of rotatable bonds is 14. The Labute approximate surface area is 363 Å². The summed E-state index contributed by atoms with van der Waals surface area (Å²) in [7, 11) is 3.31. The van der Waals surface area contributed by atoms with Crippen molar-refractivity contribution in [3.05, 3.63) is 203 Å². The molecule has 0 amide bonds. The van der Waals surface area contributed by atoms with Gasteiger partial charge in [0.25, 0.3) is 0 Å². The molecule has 0 radical (unpaired) electrons. The topological polar surface area (TPSA) is 226 Å². The second kappa shape index (κ2) is 24.8. The second-order valence-electron chi connectivity index (χ2n) is 14.3. The van der Waals surface area contributed by atoms with Gasteiger partial charge in [-0.15, -0.1) is 0 Å². The Morgan fingerprint density at radius 1 is 0.484 bits per heavy atom. The van der Waals surface area contributed by atoms with E-state index < -0.39 is 48.2 Å². The fourth-order valence-corrected chi connectivity index (χ4v) is 6.72. The maximum absolute atomic E-state index is 11.3. The predicted octanol–water partition coefficient (Wildman–Crippen LogP) is 6.25. The summed E-state index contributed by atoms with van der Waals surface area (Å²) in [4.78, 5) is 22.6. The summed E-state index contributed by atoms with van der Waals surface area (Å²) in [5, 5.41) is 58.5. The van der Waals surface area contributed by atoms with E-state index in [1.807, 2.05) is 62.4 Å². The zero-order chi connectivity index (χ0) is 45.7. The lowest BCUT2D eigenvalue weighted by atomic mass is 9.71. The van der Waals surface area contributed by atoms with Crippen molar-refractivity contribution in [2.24, 2.45) is 11.5 Å². The Morgan fingerprint density at radius 2 is 0.742 bits per heavy atom. The van der Waals surface area contributed by atoms with Crippen LogP contribution < -0.4 is 20.9 Å². The Kier molecular flexibility index (Phi) is 20.0. The van der Waals surface area contributed by atoms with Crippen molar-refractivity contribution >= 4 is 11.9 Å². The van der Waals surface area contributed by atoms with Crippen LogP contribution in [0.2, 0.25) is 0 Å². The number of benzene rings is 6. The first kappa shape index (κ1) is 50.0. The average Bonchev–Trinajstić information content (AvgIpc) is 3.31. The molecule has 0 aliphatic rings. The Hall–Kier alpha value is -6.38. The molecule has 0 fully saturated rings. The number of carboxylic acids is 2. The molecule has 10 N–H and O–H groups in total. The smallest absolute Gasteiger partial charge is 0.333 e. The minimum Gasteiger partial charge on any atom is -0.497 e. The van der Waals surface area contributed by atoms with Gasteiger partial charge < -0.3 is 51.6 Å². The van der Waals surface area contributed by atoms with Gasteiger partial charge in [0, 0.05) is 12.1 Å². The van der Waals surface area contributed by atoms with Gasteiger partial charge in [-0.1, -0.05) is 146 Å². The minimum absolute atomic E-state index is 0.0742. The Balaban J connectivity index is 0.000000229. The molecular weight excluding hydrogens is 789 g/mol. The van der Waals surface area contributed by atoms with E-state index in [9.17, 15) is 40.2 Å². The number of ether oxygens (including phenoxy) is 2. The first-order valence-electron chi connectivity index (χ1n) is 19.8. The van der Waals surface area contributed by atoms with Crippen LogP contribution in [0.1, 0.15) is 59.3 Å². The molecule has 0 aliphatic carbocycles. The van der Waals surface area contributed by atoms with Crippen molar-refractivity contribution in [2.45, 2.75) is 49.0 Å². The van der Waals surface area contributed by atoms with Crippen molar-refractivity contribution in [3.63, 3.8) is 0 Å². The van der Waals surface area contributed by atoms with Gasteiger partial charge in [-0.3, -0.25) is 0 Å². The molecule has 6 aromatic carbocycles. The van der Waals surface area contributed by atoms with E-state index in [1.165, 1.54) is 0 Å². The van der Waals surface area contributed by atoms with Gasteiger partial charge in [0.1, 0.15) is 11.5 Å². The predicted molar refractivity (Wildman–Crippen MR) is 240 cm³/mol. The van der Waals surface area contributed by atoms with Crippen LogP contribution in [0.5, 0.6) is 11.5 Å². The van der Waals surface area contributed by atoms with Crippen molar-refractivity contribution in [2.75, 3.05) is 27.4 Å². The van der Waals surface area contributed by atoms with E-state index in [4.69, 9.17) is 20.9 Å². The van der Waals surface area contributed by atoms with Gasteiger partial charge in [-0.25, -0.2) is 9.59 Å². The highest BCUT2D eigenvalue weighted by atomic mass is 16.5. The van der Waals surface area contributed by atoms with Gasteiger partial charge in [-0.2, -0.15) is 0 Å². The molecule has 0 saturated carbocycles. The maximum Gasteiger partial charge on any atom is 0.333 e. The van der Waals surface area contributed by atoms with Gasteiger partial charge in [0.15, 0.2) is 12.2 Å². The molecule has 12 nitrogen and oxygen atoms in total. The van der Waals surface area contributed by atoms with Gasteiger partial charge >= 0.3 is 11.9 Å². The fourth-order valence-electron chi connectivity index (χ4n) is 6.72.